The summed E-state index contributed by atoms with van der Waals surface area (Å²) < 4.78 is 27.5. The van der Waals surface area contributed by atoms with Crippen molar-refractivity contribution >= 4 is 27.5 Å². The standard InChI is InChI=1S/C21H33ClN4O3S/c1-17-6-10-26(11-7-17)30(28,29)18-4-5-20(22)19(16-18)21(27)23-8-3-9-25-14-12-24(2)13-15-25/h4-5,16-17H,3,6-15H2,1-2H3,(H,23,27). The Morgan fingerprint density at radius 2 is 1.80 bits per heavy atom. The van der Waals surface area contributed by atoms with Crippen LogP contribution in [0, 0.1) is 5.92 Å². The van der Waals surface area contributed by atoms with E-state index in [1.54, 1.807) is 0 Å². The van der Waals surface area contributed by atoms with Gasteiger partial charge in [-0.15, -0.1) is 0 Å². The Morgan fingerprint density at radius 3 is 2.47 bits per heavy atom. The minimum absolute atomic E-state index is 0.129. The molecule has 2 fully saturated rings. The van der Waals surface area contributed by atoms with Crippen molar-refractivity contribution in [3.63, 3.8) is 0 Å². The average Bonchev–Trinajstić information content (AvgIpc) is 2.73. The number of hydrogen-bond acceptors (Lipinski definition) is 5. The van der Waals surface area contributed by atoms with Crippen LogP contribution in [0.3, 0.4) is 0 Å². The third-order valence-corrected chi connectivity index (χ3v) is 8.32. The van der Waals surface area contributed by atoms with Crippen LogP contribution in [0.5, 0.6) is 0 Å². The van der Waals surface area contributed by atoms with Crippen molar-refractivity contribution in [1.82, 2.24) is 19.4 Å². The summed E-state index contributed by atoms with van der Waals surface area (Å²) in [5.74, 6) is 0.205. The molecule has 0 saturated carbocycles. The summed E-state index contributed by atoms with van der Waals surface area (Å²) in [5, 5.41) is 3.15. The first-order valence-corrected chi connectivity index (χ1v) is 12.6. The van der Waals surface area contributed by atoms with Crippen LogP contribution in [-0.4, -0.2) is 87.8 Å². The number of carbonyl (C=O) groups excluding carboxylic acids is 1. The van der Waals surface area contributed by atoms with Gasteiger partial charge in [-0.1, -0.05) is 18.5 Å². The van der Waals surface area contributed by atoms with Crippen molar-refractivity contribution in [2.24, 2.45) is 5.92 Å². The van der Waals surface area contributed by atoms with Crippen molar-refractivity contribution in [2.75, 3.05) is 59.4 Å². The molecule has 7 nitrogen and oxygen atoms in total. The summed E-state index contributed by atoms with van der Waals surface area (Å²) >= 11 is 6.21. The van der Waals surface area contributed by atoms with Crippen LogP contribution in [0.15, 0.2) is 23.1 Å². The number of rotatable bonds is 7. The lowest BCUT2D eigenvalue weighted by molar-refractivity contribution is 0.0949. The summed E-state index contributed by atoms with van der Waals surface area (Å²) in [5.41, 5.74) is 0.211. The van der Waals surface area contributed by atoms with Crippen LogP contribution in [0.25, 0.3) is 0 Å². The quantitative estimate of drug-likeness (QED) is 0.636. The van der Waals surface area contributed by atoms with Gasteiger partial charge in [-0.3, -0.25) is 4.79 Å². The number of piperazine rings is 1. The Bertz CT molecular complexity index is 833. The van der Waals surface area contributed by atoms with Gasteiger partial charge in [0.1, 0.15) is 0 Å². The van der Waals surface area contributed by atoms with Crippen LogP contribution in [-0.2, 0) is 10.0 Å². The Kier molecular flexibility index (Phi) is 8.15. The molecule has 168 valence electrons. The molecule has 0 spiro atoms. The number of amides is 1. The monoisotopic (exact) mass is 456 g/mol. The Balaban J connectivity index is 1.57. The predicted octanol–water partition coefficient (Wildman–Crippen LogP) is 2.13. The molecule has 30 heavy (non-hydrogen) atoms. The van der Waals surface area contributed by atoms with Gasteiger partial charge in [0.15, 0.2) is 0 Å². The lowest BCUT2D eigenvalue weighted by Gasteiger charge is -2.32. The van der Waals surface area contributed by atoms with E-state index < -0.39 is 10.0 Å². The van der Waals surface area contributed by atoms with Crippen LogP contribution in [0.2, 0.25) is 5.02 Å². The maximum atomic E-state index is 13.0. The summed E-state index contributed by atoms with van der Waals surface area (Å²) in [6.07, 6.45) is 2.55. The summed E-state index contributed by atoms with van der Waals surface area (Å²) in [6, 6.07) is 4.39. The van der Waals surface area contributed by atoms with E-state index in [9.17, 15) is 13.2 Å². The van der Waals surface area contributed by atoms with E-state index in [-0.39, 0.29) is 21.4 Å². The second-order valence-electron chi connectivity index (χ2n) is 8.48. The lowest BCUT2D eigenvalue weighted by Crippen LogP contribution is -2.45. The van der Waals surface area contributed by atoms with E-state index in [2.05, 4.69) is 29.1 Å². The maximum absolute atomic E-state index is 13.0. The van der Waals surface area contributed by atoms with E-state index >= 15 is 0 Å². The lowest BCUT2D eigenvalue weighted by atomic mass is 10.0. The number of sulfonamides is 1. The normalized spacial score (nSPS) is 20.4. The van der Waals surface area contributed by atoms with E-state index in [0.717, 1.165) is 52.0 Å². The summed E-state index contributed by atoms with van der Waals surface area (Å²) in [7, 11) is -1.49. The molecule has 3 rings (SSSR count). The smallest absolute Gasteiger partial charge is 0.252 e. The van der Waals surface area contributed by atoms with Gasteiger partial charge in [-0.2, -0.15) is 4.31 Å². The highest BCUT2D eigenvalue weighted by molar-refractivity contribution is 7.89. The second kappa shape index (κ2) is 10.4. The molecular weight excluding hydrogens is 424 g/mol. The number of nitrogens with one attached hydrogen (secondary N) is 1. The first kappa shape index (κ1) is 23.5. The number of carbonyl (C=O) groups is 1. The second-order valence-corrected chi connectivity index (χ2v) is 10.8. The topological polar surface area (TPSA) is 73.0 Å². The van der Waals surface area contributed by atoms with Crippen LogP contribution in [0.1, 0.15) is 36.5 Å². The number of nitrogens with zero attached hydrogens (tertiary/aromatic N) is 3. The van der Waals surface area contributed by atoms with Crippen molar-refractivity contribution in [1.29, 1.82) is 0 Å². The minimum Gasteiger partial charge on any atom is -0.352 e. The van der Waals surface area contributed by atoms with E-state index in [4.69, 9.17) is 11.6 Å². The number of hydrogen-bond donors (Lipinski definition) is 1. The zero-order chi connectivity index (χ0) is 21.7. The molecule has 1 N–H and O–H groups in total. The van der Waals surface area contributed by atoms with Crippen LogP contribution in [0.4, 0.5) is 0 Å². The minimum atomic E-state index is -3.62. The van der Waals surface area contributed by atoms with Gasteiger partial charge in [0, 0.05) is 45.8 Å². The molecule has 0 bridgehead atoms. The molecule has 2 aliphatic heterocycles. The zero-order valence-electron chi connectivity index (χ0n) is 17.9. The van der Waals surface area contributed by atoms with E-state index in [1.807, 2.05) is 0 Å². The van der Waals surface area contributed by atoms with Crippen molar-refractivity contribution < 1.29 is 13.2 Å². The van der Waals surface area contributed by atoms with Crippen molar-refractivity contribution in [3.8, 4) is 0 Å². The molecule has 1 amide bonds. The first-order chi connectivity index (χ1) is 14.3. The SMILES string of the molecule is CC1CCN(S(=O)(=O)c2ccc(Cl)c(C(=O)NCCCN3CCN(C)CC3)c2)CC1. The van der Waals surface area contributed by atoms with Gasteiger partial charge >= 0.3 is 0 Å². The molecule has 0 aliphatic carbocycles. The number of likely N-dealkylation sites (N-methyl/N-ethyl adjacent to an activating group) is 1. The fourth-order valence-corrected chi connectivity index (χ4v) is 5.58. The highest BCUT2D eigenvalue weighted by Crippen LogP contribution is 2.26. The summed E-state index contributed by atoms with van der Waals surface area (Å²) in [6.45, 7) is 8.86. The molecule has 9 heteroatoms. The van der Waals surface area contributed by atoms with Gasteiger partial charge in [-0.25, -0.2) is 8.42 Å². The molecular formula is C21H33ClN4O3S. The third-order valence-electron chi connectivity index (χ3n) is 6.10. The van der Waals surface area contributed by atoms with Crippen molar-refractivity contribution in [2.45, 2.75) is 31.1 Å². The van der Waals surface area contributed by atoms with Crippen LogP contribution < -0.4 is 5.32 Å². The predicted molar refractivity (Wildman–Crippen MR) is 119 cm³/mol. The highest BCUT2D eigenvalue weighted by Gasteiger charge is 2.29. The van der Waals surface area contributed by atoms with E-state index in [1.165, 1.54) is 22.5 Å². The molecule has 0 aromatic heterocycles. The fraction of sp³-hybridized carbons (Fsp3) is 0.667. The number of halogens is 1. The molecule has 1 aromatic rings. The molecule has 2 saturated heterocycles. The molecule has 2 aliphatic rings. The average molecular weight is 457 g/mol. The number of benzene rings is 1. The van der Waals surface area contributed by atoms with Gasteiger partial charge in [0.2, 0.25) is 10.0 Å². The molecule has 0 atom stereocenters. The molecule has 0 unspecified atom stereocenters. The van der Waals surface area contributed by atoms with E-state index in [0.29, 0.717) is 25.6 Å². The first-order valence-electron chi connectivity index (χ1n) is 10.8. The van der Waals surface area contributed by atoms with Crippen LogP contribution >= 0.6 is 11.6 Å². The highest BCUT2D eigenvalue weighted by atomic mass is 35.5. The van der Waals surface area contributed by atoms with Gasteiger partial charge in [-0.05, 0) is 57.0 Å². The van der Waals surface area contributed by atoms with Crippen molar-refractivity contribution in [3.05, 3.63) is 28.8 Å². The van der Waals surface area contributed by atoms with Gasteiger partial charge < -0.3 is 15.1 Å². The molecule has 0 radical (unpaired) electrons. The van der Waals surface area contributed by atoms with Gasteiger partial charge in [0.05, 0.1) is 15.5 Å². The molecule has 2 heterocycles. The molecule has 1 aromatic carbocycles. The largest absolute Gasteiger partial charge is 0.352 e. The third kappa shape index (κ3) is 5.95. The number of piperidine rings is 1. The Morgan fingerprint density at radius 1 is 1.13 bits per heavy atom. The Hall–Kier alpha value is -1.19. The maximum Gasteiger partial charge on any atom is 0.252 e. The Labute approximate surface area is 185 Å². The van der Waals surface area contributed by atoms with Gasteiger partial charge in [0.25, 0.3) is 5.91 Å². The summed E-state index contributed by atoms with van der Waals surface area (Å²) in [4.78, 5) is 17.5. The zero-order valence-corrected chi connectivity index (χ0v) is 19.5. The fourth-order valence-electron chi connectivity index (χ4n) is 3.88.